The molecule has 4 N–H and O–H groups in total. The Morgan fingerprint density at radius 1 is 0.625 bits per heavy atom. The largest absolute Gasteiger partial charge is 0.392 e. The second kappa shape index (κ2) is 4.84. The van der Waals surface area contributed by atoms with Gasteiger partial charge in [-0.15, -0.1) is 0 Å². The molecule has 0 spiro atoms. The standard InChI is InChI=1S/C20H16N2O2/c23-9-13-17-11-5-1-3-7-15(11)21-19(17)14(10-24)18-12-6-2-4-8-16(12)22-20(13)18/h1-8,21-24H,9-10H2. The number of H-pyrrole nitrogens is 2. The molecule has 0 radical (unpaired) electrons. The van der Waals surface area contributed by atoms with Crippen molar-refractivity contribution < 1.29 is 10.2 Å². The summed E-state index contributed by atoms with van der Waals surface area (Å²) in [7, 11) is 0. The maximum Gasteiger partial charge on any atom is 0.0709 e. The highest BCUT2D eigenvalue weighted by Gasteiger charge is 2.20. The number of hydrogen-bond acceptors (Lipinski definition) is 2. The summed E-state index contributed by atoms with van der Waals surface area (Å²) in [5.41, 5.74) is 5.56. The highest BCUT2D eigenvalue weighted by molar-refractivity contribution is 6.21. The summed E-state index contributed by atoms with van der Waals surface area (Å²) < 4.78 is 0. The molecule has 0 bridgehead atoms. The second-order valence-corrected chi connectivity index (χ2v) is 6.11. The van der Waals surface area contributed by atoms with Gasteiger partial charge in [-0.3, -0.25) is 0 Å². The molecular weight excluding hydrogens is 300 g/mol. The van der Waals surface area contributed by atoms with Crippen LogP contribution in [0.25, 0.3) is 43.6 Å². The van der Waals surface area contributed by atoms with Crippen molar-refractivity contribution in [3.05, 3.63) is 59.7 Å². The molecule has 4 nitrogen and oxygen atoms in total. The smallest absolute Gasteiger partial charge is 0.0709 e. The normalized spacial score (nSPS) is 12.1. The van der Waals surface area contributed by atoms with Crippen molar-refractivity contribution in [3.63, 3.8) is 0 Å². The van der Waals surface area contributed by atoms with Crippen molar-refractivity contribution >= 4 is 43.6 Å². The predicted molar refractivity (Wildman–Crippen MR) is 97.0 cm³/mol. The zero-order valence-corrected chi connectivity index (χ0v) is 12.9. The summed E-state index contributed by atoms with van der Waals surface area (Å²) in [5.74, 6) is 0. The molecule has 4 heteroatoms. The number of benzene rings is 3. The Labute approximate surface area is 137 Å². The van der Waals surface area contributed by atoms with Crippen molar-refractivity contribution in [2.75, 3.05) is 0 Å². The number of aromatic amines is 2. The van der Waals surface area contributed by atoms with E-state index in [1.54, 1.807) is 0 Å². The van der Waals surface area contributed by atoms with Crippen LogP contribution in [0.5, 0.6) is 0 Å². The Hall–Kier alpha value is -2.82. The minimum atomic E-state index is -0.0621. The van der Waals surface area contributed by atoms with Gasteiger partial charge in [-0.25, -0.2) is 0 Å². The third-order valence-electron chi connectivity index (χ3n) is 4.94. The van der Waals surface area contributed by atoms with E-state index >= 15 is 0 Å². The molecule has 0 amide bonds. The molecule has 5 rings (SSSR count). The van der Waals surface area contributed by atoms with Crippen molar-refractivity contribution in [2.24, 2.45) is 0 Å². The fourth-order valence-electron chi connectivity index (χ4n) is 3.93. The Morgan fingerprint density at radius 3 is 1.46 bits per heavy atom. The van der Waals surface area contributed by atoms with Gasteiger partial charge in [0.2, 0.25) is 0 Å². The minimum Gasteiger partial charge on any atom is -0.392 e. The number of fused-ring (bicyclic) bond motifs is 6. The van der Waals surface area contributed by atoms with Crippen LogP contribution in [0.4, 0.5) is 0 Å². The van der Waals surface area contributed by atoms with Crippen LogP contribution in [-0.2, 0) is 13.2 Å². The summed E-state index contributed by atoms with van der Waals surface area (Å²) in [6, 6.07) is 16.1. The van der Waals surface area contributed by atoms with Crippen molar-refractivity contribution in [1.82, 2.24) is 9.97 Å². The summed E-state index contributed by atoms with van der Waals surface area (Å²) in [5, 5.41) is 24.3. The number of rotatable bonds is 2. The third-order valence-corrected chi connectivity index (χ3v) is 4.94. The van der Waals surface area contributed by atoms with Crippen LogP contribution in [0.15, 0.2) is 48.5 Å². The van der Waals surface area contributed by atoms with Gasteiger partial charge in [0.25, 0.3) is 0 Å². The molecule has 0 aliphatic heterocycles. The highest BCUT2D eigenvalue weighted by atomic mass is 16.3. The predicted octanol–water partition coefficient (Wildman–Crippen LogP) is 3.94. The average molecular weight is 316 g/mol. The van der Waals surface area contributed by atoms with E-state index in [0.29, 0.717) is 0 Å². The topological polar surface area (TPSA) is 72.0 Å². The lowest BCUT2D eigenvalue weighted by Gasteiger charge is -2.09. The fourth-order valence-corrected chi connectivity index (χ4v) is 3.93. The molecule has 0 atom stereocenters. The van der Waals surface area contributed by atoms with Gasteiger partial charge >= 0.3 is 0 Å². The van der Waals surface area contributed by atoms with Crippen LogP contribution in [0.3, 0.4) is 0 Å². The minimum absolute atomic E-state index is 0.0621. The number of para-hydroxylation sites is 2. The number of hydrogen-bond donors (Lipinski definition) is 4. The van der Waals surface area contributed by atoms with E-state index in [4.69, 9.17) is 0 Å². The highest BCUT2D eigenvalue weighted by Crippen LogP contribution is 2.40. The first kappa shape index (κ1) is 13.6. The first-order valence-electron chi connectivity index (χ1n) is 7.99. The van der Waals surface area contributed by atoms with Crippen molar-refractivity contribution in [3.8, 4) is 0 Å². The van der Waals surface area contributed by atoms with E-state index in [-0.39, 0.29) is 13.2 Å². The monoisotopic (exact) mass is 316 g/mol. The van der Waals surface area contributed by atoms with E-state index in [0.717, 1.165) is 54.7 Å². The Bertz CT molecular complexity index is 1130. The second-order valence-electron chi connectivity index (χ2n) is 6.11. The van der Waals surface area contributed by atoms with Crippen LogP contribution in [0.1, 0.15) is 11.1 Å². The Kier molecular flexibility index (Phi) is 2.74. The quantitative estimate of drug-likeness (QED) is 0.398. The summed E-state index contributed by atoms with van der Waals surface area (Å²) >= 11 is 0. The molecule has 24 heavy (non-hydrogen) atoms. The molecule has 0 saturated heterocycles. The zero-order chi connectivity index (χ0) is 16.3. The average Bonchev–Trinajstić information content (AvgIpc) is 3.18. The van der Waals surface area contributed by atoms with Gasteiger partial charge in [0, 0.05) is 43.7 Å². The molecule has 118 valence electrons. The molecule has 0 aliphatic carbocycles. The zero-order valence-electron chi connectivity index (χ0n) is 12.9. The molecular formula is C20H16N2O2. The first-order valence-corrected chi connectivity index (χ1v) is 7.99. The van der Waals surface area contributed by atoms with Crippen molar-refractivity contribution in [1.29, 1.82) is 0 Å². The van der Waals surface area contributed by atoms with E-state index in [2.05, 4.69) is 9.97 Å². The molecule has 2 aromatic heterocycles. The maximum atomic E-state index is 10.1. The SMILES string of the molecule is OCc1c2[nH]c3ccccc3c2c(CO)c2[nH]c3ccccc3c12. The Morgan fingerprint density at radius 2 is 1.04 bits per heavy atom. The van der Waals surface area contributed by atoms with Gasteiger partial charge in [0.05, 0.1) is 24.2 Å². The van der Waals surface area contributed by atoms with Gasteiger partial charge in [-0.2, -0.15) is 0 Å². The molecule has 0 saturated carbocycles. The molecule has 0 aliphatic rings. The van der Waals surface area contributed by atoms with Gasteiger partial charge in [-0.05, 0) is 12.1 Å². The van der Waals surface area contributed by atoms with Gasteiger partial charge in [0.1, 0.15) is 0 Å². The van der Waals surface area contributed by atoms with Gasteiger partial charge < -0.3 is 20.2 Å². The molecule has 5 aromatic rings. The van der Waals surface area contributed by atoms with Crippen LogP contribution >= 0.6 is 0 Å². The van der Waals surface area contributed by atoms with E-state index in [1.807, 2.05) is 48.5 Å². The van der Waals surface area contributed by atoms with E-state index in [1.165, 1.54) is 0 Å². The van der Waals surface area contributed by atoms with Crippen LogP contribution in [0.2, 0.25) is 0 Å². The van der Waals surface area contributed by atoms with Gasteiger partial charge in [0.15, 0.2) is 0 Å². The lowest BCUT2D eigenvalue weighted by Crippen LogP contribution is -1.94. The number of aliphatic hydroxyl groups is 2. The molecule has 3 aromatic carbocycles. The van der Waals surface area contributed by atoms with Crippen LogP contribution in [0, 0.1) is 0 Å². The van der Waals surface area contributed by atoms with Gasteiger partial charge in [-0.1, -0.05) is 36.4 Å². The maximum absolute atomic E-state index is 10.1. The first-order chi connectivity index (χ1) is 11.8. The fraction of sp³-hybridized carbons (Fsp3) is 0.100. The summed E-state index contributed by atoms with van der Waals surface area (Å²) in [4.78, 5) is 6.87. The van der Waals surface area contributed by atoms with E-state index < -0.39 is 0 Å². The van der Waals surface area contributed by atoms with Crippen LogP contribution < -0.4 is 0 Å². The number of aromatic nitrogens is 2. The lowest BCUT2D eigenvalue weighted by molar-refractivity contribution is 0.282. The lowest BCUT2D eigenvalue weighted by atomic mass is 9.97. The summed E-state index contributed by atoms with van der Waals surface area (Å²) in [6.07, 6.45) is 0. The third kappa shape index (κ3) is 1.59. The number of nitrogens with one attached hydrogen (secondary N) is 2. The number of aliphatic hydroxyl groups excluding tert-OH is 2. The van der Waals surface area contributed by atoms with Crippen LogP contribution in [-0.4, -0.2) is 20.2 Å². The molecule has 2 heterocycles. The van der Waals surface area contributed by atoms with E-state index in [9.17, 15) is 10.2 Å². The van der Waals surface area contributed by atoms with Crippen molar-refractivity contribution in [2.45, 2.75) is 13.2 Å². The summed E-state index contributed by atoms with van der Waals surface area (Å²) in [6.45, 7) is -0.124. The molecule has 0 fully saturated rings. The Balaban J connectivity index is 2.15. The molecule has 0 unspecified atom stereocenters.